The fourth-order valence-corrected chi connectivity index (χ4v) is 2.22. The number of unbranched alkanes of at least 4 members (excludes halogenated alkanes) is 2. The fourth-order valence-electron chi connectivity index (χ4n) is 2.22. The first-order chi connectivity index (χ1) is 9.60. The largest absolute Gasteiger partial charge is 0.489 e. The lowest BCUT2D eigenvalue weighted by Crippen LogP contribution is -2.26. The normalized spacial score (nSPS) is 10.8. The van der Waals surface area contributed by atoms with Crippen LogP contribution in [0, 0.1) is 0 Å². The van der Waals surface area contributed by atoms with Crippen molar-refractivity contribution in [2.75, 3.05) is 23.7 Å². The molecule has 0 unspecified atom stereocenters. The zero-order valence-electron chi connectivity index (χ0n) is 13.5. The molecular formula is C17H30N2O. The van der Waals surface area contributed by atoms with Crippen LogP contribution in [0.5, 0.6) is 5.75 Å². The molecule has 20 heavy (non-hydrogen) atoms. The van der Waals surface area contributed by atoms with Crippen LogP contribution in [0.15, 0.2) is 18.2 Å². The molecule has 1 aromatic rings. The van der Waals surface area contributed by atoms with Crippen molar-refractivity contribution < 1.29 is 4.74 Å². The predicted octanol–water partition coefficient (Wildman–Crippen LogP) is 4.46. The van der Waals surface area contributed by atoms with Gasteiger partial charge in [0.25, 0.3) is 0 Å². The molecule has 0 heterocycles. The minimum absolute atomic E-state index is 0.146. The second-order valence-electron chi connectivity index (χ2n) is 5.55. The Morgan fingerprint density at radius 3 is 2.20 bits per heavy atom. The van der Waals surface area contributed by atoms with E-state index in [2.05, 4.69) is 24.8 Å². The van der Waals surface area contributed by atoms with Gasteiger partial charge in [-0.1, -0.05) is 32.8 Å². The average Bonchev–Trinajstić information content (AvgIpc) is 2.41. The first-order valence-corrected chi connectivity index (χ1v) is 7.90. The zero-order valence-corrected chi connectivity index (χ0v) is 13.5. The van der Waals surface area contributed by atoms with Crippen molar-refractivity contribution in [1.82, 2.24) is 0 Å². The summed E-state index contributed by atoms with van der Waals surface area (Å²) in [4.78, 5) is 2.40. The van der Waals surface area contributed by atoms with E-state index in [9.17, 15) is 0 Å². The second kappa shape index (κ2) is 8.72. The molecule has 0 aliphatic rings. The van der Waals surface area contributed by atoms with Gasteiger partial charge in [0, 0.05) is 13.1 Å². The van der Waals surface area contributed by atoms with Gasteiger partial charge in [-0.15, -0.1) is 0 Å². The highest BCUT2D eigenvalue weighted by atomic mass is 16.5. The molecule has 0 spiro atoms. The third-order valence-electron chi connectivity index (χ3n) is 3.31. The van der Waals surface area contributed by atoms with Crippen LogP contribution in [0.25, 0.3) is 0 Å². The average molecular weight is 278 g/mol. The topological polar surface area (TPSA) is 38.5 Å². The molecule has 0 saturated heterocycles. The van der Waals surface area contributed by atoms with Crippen LogP contribution in [0.2, 0.25) is 0 Å². The summed E-state index contributed by atoms with van der Waals surface area (Å²) in [7, 11) is 0. The molecule has 0 bridgehead atoms. The van der Waals surface area contributed by atoms with Gasteiger partial charge in [0.15, 0.2) is 0 Å². The Hall–Kier alpha value is -1.38. The third-order valence-corrected chi connectivity index (χ3v) is 3.31. The summed E-state index contributed by atoms with van der Waals surface area (Å²) in [5, 5.41) is 0. The number of hydrogen-bond donors (Lipinski definition) is 1. The smallest absolute Gasteiger partial charge is 0.144 e. The number of nitrogens with zero attached hydrogens (tertiary/aromatic N) is 1. The van der Waals surface area contributed by atoms with E-state index in [0.29, 0.717) is 0 Å². The van der Waals surface area contributed by atoms with Crippen molar-refractivity contribution in [3.63, 3.8) is 0 Å². The molecule has 114 valence electrons. The highest BCUT2D eigenvalue weighted by molar-refractivity contribution is 5.74. The summed E-state index contributed by atoms with van der Waals surface area (Å²) in [6, 6.07) is 6.10. The molecule has 0 amide bonds. The van der Waals surface area contributed by atoms with Crippen LogP contribution in [0.4, 0.5) is 11.4 Å². The number of hydrogen-bond acceptors (Lipinski definition) is 3. The molecule has 0 radical (unpaired) electrons. The molecule has 0 fully saturated rings. The molecule has 0 aliphatic heterocycles. The Bertz CT molecular complexity index is 383. The molecule has 3 heteroatoms. The number of rotatable bonds is 9. The highest BCUT2D eigenvalue weighted by Crippen LogP contribution is 2.33. The quantitative estimate of drug-likeness (QED) is 0.678. The van der Waals surface area contributed by atoms with E-state index in [-0.39, 0.29) is 6.10 Å². The molecule has 0 saturated carbocycles. The fraction of sp³-hybridized carbons (Fsp3) is 0.647. The van der Waals surface area contributed by atoms with Crippen LogP contribution in [0.1, 0.15) is 53.4 Å². The summed E-state index contributed by atoms with van der Waals surface area (Å²) < 4.78 is 5.79. The zero-order chi connectivity index (χ0) is 15.0. The molecule has 0 aliphatic carbocycles. The van der Waals surface area contributed by atoms with Crippen LogP contribution >= 0.6 is 0 Å². The first kappa shape index (κ1) is 16.7. The minimum atomic E-state index is 0.146. The Balaban J connectivity index is 2.93. The number of benzene rings is 1. The Labute approximate surface area is 124 Å². The maximum atomic E-state index is 6.31. The van der Waals surface area contributed by atoms with Gasteiger partial charge >= 0.3 is 0 Å². The van der Waals surface area contributed by atoms with Crippen molar-refractivity contribution in [2.24, 2.45) is 0 Å². The van der Waals surface area contributed by atoms with Crippen molar-refractivity contribution in [2.45, 2.75) is 59.5 Å². The van der Waals surface area contributed by atoms with E-state index in [1.165, 1.54) is 25.7 Å². The molecule has 3 nitrogen and oxygen atoms in total. The predicted molar refractivity (Wildman–Crippen MR) is 88.6 cm³/mol. The van der Waals surface area contributed by atoms with E-state index in [1.54, 1.807) is 0 Å². The maximum absolute atomic E-state index is 6.31. The van der Waals surface area contributed by atoms with Gasteiger partial charge in [-0.25, -0.2) is 0 Å². The van der Waals surface area contributed by atoms with Crippen molar-refractivity contribution in [3.8, 4) is 5.75 Å². The standard InChI is InChI=1S/C17H30N2O/c1-5-7-12-19(13-8-6-2)15-10-9-11-16(17(15)18)20-14(3)4/h9-11,14H,5-8,12-13,18H2,1-4H3. The summed E-state index contributed by atoms with van der Waals surface area (Å²) in [5.74, 6) is 0.801. The second-order valence-corrected chi connectivity index (χ2v) is 5.55. The van der Waals surface area contributed by atoms with Gasteiger partial charge in [0.2, 0.25) is 0 Å². The van der Waals surface area contributed by atoms with Crippen LogP contribution in [-0.2, 0) is 0 Å². The number of nitrogen functional groups attached to an aromatic ring is 1. The summed E-state index contributed by atoms with van der Waals surface area (Å²) >= 11 is 0. The summed E-state index contributed by atoms with van der Waals surface area (Å²) in [5.41, 5.74) is 8.20. The molecule has 1 rings (SSSR count). The van der Waals surface area contributed by atoms with Gasteiger partial charge in [-0.2, -0.15) is 0 Å². The van der Waals surface area contributed by atoms with E-state index in [4.69, 9.17) is 10.5 Å². The van der Waals surface area contributed by atoms with Crippen LogP contribution in [0.3, 0.4) is 0 Å². The lowest BCUT2D eigenvalue weighted by Gasteiger charge is -2.27. The third kappa shape index (κ3) is 4.95. The summed E-state index contributed by atoms with van der Waals surface area (Å²) in [6.45, 7) is 10.6. The van der Waals surface area contributed by atoms with Gasteiger partial charge < -0.3 is 15.4 Å². The number of para-hydroxylation sites is 1. The Morgan fingerprint density at radius 1 is 1.10 bits per heavy atom. The molecule has 2 N–H and O–H groups in total. The van der Waals surface area contributed by atoms with E-state index in [0.717, 1.165) is 30.2 Å². The Morgan fingerprint density at radius 2 is 1.70 bits per heavy atom. The van der Waals surface area contributed by atoms with E-state index in [1.807, 2.05) is 26.0 Å². The van der Waals surface area contributed by atoms with E-state index >= 15 is 0 Å². The van der Waals surface area contributed by atoms with Gasteiger partial charge in [0.05, 0.1) is 17.5 Å². The molecule has 0 aromatic heterocycles. The van der Waals surface area contributed by atoms with Gasteiger partial charge in [-0.3, -0.25) is 0 Å². The molecule has 0 atom stereocenters. The lowest BCUT2D eigenvalue weighted by molar-refractivity contribution is 0.244. The van der Waals surface area contributed by atoms with Gasteiger partial charge in [-0.05, 0) is 38.8 Å². The van der Waals surface area contributed by atoms with Gasteiger partial charge in [0.1, 0.15) is 5.75 Å². The monoisotopic (exact) mass is 278 g/mol. The first-order valence-electron chi connectivity index (χ1n) is 7.90. The lowest BCUT2D eigenvalue weighted by atomic mass is 10.2. The number of ether oxygens (including phenoxy) is 1. The number of nitrogens with two attached hydrogens (primary N) is 1. The van der Waals surface area contributed by atoms with Crippen LogP contribution in [-0.4, -0.2) is 19.2 Å². The van der Waals surface area contributed by atoms with Crippen molar-refractivity contribution in [1.29, 1.82) is 0 Å². The Kier molecular flexibility index (Phi) is 7.27. The minimum Gasteiger partial charge on any atom is -0.489 e. The SMILES string of the molecule is CCCCN(CCCC)c1cccc(OC(C)C)c1N. The van der Waals surface area contributed by atoms with E-state index < -0.39 is 0 Å². The highest BCUT2D eigenvalue weighted by Gasteiger charge is 2.13. The number of anilines is 2. The van der Waals surface area contributed by atoms with Crippen molar-refractivity contribution in [3.05, 3.63) is 18.2 Å². The van der Waals surface area contributed by atoms with Crippen LogP contribution < -0.4 is 15.4 Å². The van der Waals surface area contributed by atoms with Crippen molar-refractivity contribution >= 4 is 11.4 Å². The summed E-state index contributed by atoms with van der Waals surface area (Å²) in [6.07, 6.45) is 4.93. The maximum Gasteiger partial charge on any atom is 0.144 e. The molecular weight excluding hydrogens is 248 g/mol. The molecule has 1 aromatic carbocycles.